The number of imide groups is 1. The summed E-state index contributed by atoms with van der Waals surface area (Å²) >= 11 is 0. The highest BCUT2D eigenvalue weighted by molar-refractivity contribution is 6.01. The van der Waals surface area contributed by atoms with Crippen molar-refractivity contribution >= 4 is 23.7 Å². The Labute approximate surface area is 110 Å². The van der Waals surface area contributed by atoms with E-state index in [2.05, 4.69) is 10.2 Å². The molecule has 1 N–H and O–H groups in total. The van der Waals surface area contributed by atoms with Crippen molar-refractivity contribution in [1.82, 2.24) is 10.4 Å². The lowest BCUT2D eigenvalue weighted by Gasteiger charge is -2.12. The van der Waals surface area contributed by atoms with Crippen molar-refractivity contribution in [2.75, 3.05) is 20.3 Å². The molecule has 0 radical (unpaired) electrons. The highest BCUT2D eigenvalue weighted by atomic mass is 16.7. The van der Waals surface area contributed by atoms with E-state index in [9.17, 15) is 19.2 Å². The van der Waals surface area contributed by atoms with E-state index in [-0.39, 0.29) is 31.6 Å². The molecule has 0 atom stereocenters. The number of methoxy groups -OCH3 is 1. The summed E-state index contributed by atoms with van der Waals surface area (Å²) in [4.78, 5) is 49.6. The second kappa shape index (κ2) is 7.47. The molecule has 1 fully saturated rings. The second-order valence-corrected chi connectivity index (χ2v) is 3.89. The van der Waals surface area contributed by atoms with Crippen molar-refractivity contribution in [3.63, 3.8) is 0 Å². The van der Waals surface area contributed by atoms with Crippen LogP contribution in [0.2, 0.25) is 0 Å². The SMILES string of the molecule is COCCNC(=O)CCC(=O)ON1C(=O)CCC1=O. The molecule has 1 saturated heterocycles. The first-order valence-electron chi connectivity index (χ1n) is 5.87. The van der Waals surface area contributed by atoms with Gasteiger partial charge in [-0.05, 0) is 0 Å². The Morgan fingerprint density at radius 2 is 1.84 bits per heavy atom. The van der Waals surface area contributed by atoms with Crippen molar-refractivity contribution in [2.24, 2.45) is 0 Å². The molecule has 0 unspecified atom stereocenters. The van der Waals surface area contributed by atoms with Crippen LogP contribution in [0.3, 0.4) is 0 Å². The number of ether oxygens (including phenoxy) is 1. The highest BCUT2D eigenvalue weighted by Crippen LogP contribution is 2.12. The van der Waals surface area contributed by atoms with Gasteiger partial charge in [-0.1, -0.05) is 0 Å². The standard InChI is InChI=1S/C11H16N2O6/c1-18-7-6-12-8(14)2-5-11(17)19-13-9(15)3-4-10(13)16/h2-7H2,1H3,(H,12,14). The van der Waals surface area contributed by atoms with Gasteiger partial charge in [-0.25, -0.2) is 4.79 Å². The number of carbonyl (C=O) groups excluding carboxylic acids is 4. The summed E-state index contributed by atoms with van der Waals surface area (Å²) in [7, 11) is 1.51. The predicted molar refractivity (Wildman–Crippen MR) is 61.3 cm³/mol. The minimum Gasteiger partial charge on any atom is -0.383 e. The van der Waals surface area contributed by atoms with E-state index in [0.29, 0.717) is 18.2 Å². The number of nitrogens with one attached hydrogen (secondary N) is 1. The molecule has 0 saturated carbocycles. The van der Waals surface area contributed by atoms with Crippen LogP contribution in [0.4, 0.5) is 0 Å². The highest BCUT2D eigenvalue weighted by Gasteiger charge is 2.32. The Kier molecular flexibility index (Phi) is 5.94. The first kappa shape index (κ1) is 15.1. The maximum Gasteiger partial charge on any atom is 0.333 e. The lowest BCUT2D eigenvalue weighted by atomic mass is 10.3. The normalized spacial score (nSPS) is 14.7. The fourth-order valence-electron chi connectivity index (χ4n) is 1.40. The first-order chi connectivity index (χ1) is 9.04. The maximum absolute atomic E-state index is 11.4. The van der Waals surface area contributed by atoms with E-state index >= 15 is 0 Å². The number of nitrogens with zero attached hydrogens (tertiary/aromatic N) is 1. The zero-order chi connectivity index (χ0) is 14.3. The Morgan fingerprint density at radius 1 is 1.21 bits per heavy atom. The van der Waals surface area contributed by atoms with Gasteiger partial charge >= 0.3 is 5.97 Å². The average Bonchev–Trinajstić information content (AvgIpc) is 2.68. The van der Waals surface area contributed by atoms with E-state index in [1.54, 1.807) is 0 Å². The van der Waals surface area contributed by atoms with Gasteiger partial charge in [0.25, 0.3) is 11.8 Å². The van der Waals surface area contributed by atoms with Gasteiger partial charge in [-0.3, -0.25) is 14.4 Å². The molecule has 0 aromatic carbocycles. The molecule has 8 nitrogen and oxygen atoms in total. The maximum atomic E-state index is 11.4. The number of hydrogen-bond acceptors (Lipinski definition) is 6. The number of carbonyl (C=O) groups is 4. The fraction of sp³-hybridized carbons (Fsp3) is 0.636. The third-order valence-electron chi connectivity index (χ3n) is 2.38. The number of rotatable bonds is 7. The van der Waals surface area contributed by atoms with Crippen LogP contribution < -0.4 is 5.32 Å². The average molecular weight is 272 g/mol. The van der Waals surface area contributed by atoms with Gasteiger partial charge in [0.15, 0.2) is 0 Å². The van der Waals surface area contributed by atoms with E-state index in [1.807, 2.05) is 0 Å². The van der Waals surface area contributed by atoms with Crippen molar-refractivity contribution in [3.8, 4) is 0 Å². The first-order valence-corrected chi connectivity index (χ1v) is 5.87. The molecule has 3 amide bonds. The van der Waals surface area contributed by atoms with Gasteiger partial charge in [0.05, 0.1) is 13.0 Å². The van der Waals surface area contributed by atoms with Crippen LogP contribution in [0.15, 0.2) is 0 Å². The Bertz CT molecular complexity index is 365. The molecule has 106 valence electrons. The van der Waals surface area contributed by atoms with E-state index in [1.165, 1.54) is 7.11 Å². The minimum absolute atomic E-state index is 0.0453. The van der Waals surface area contributed by atoms with Crippen LogP contribution in [0, 0.1) is 0 Å². The van der Waals surface area contributed by atoms with Crippen LogP contribution in [-0.2, 0) is 28.8 Å². The molecule has 1 heterocycles. The molecule has 0 aliphatic carbocycles. The quantitative estimate of drug-likeness (QED) is 0.478. The van der Waals surface area contributed by atoms with Crippen LogP contribution in [0.1, 0.15) is 25.7 Å². The molecule has 0 aromatic rings. The summed E-state index contributed by atoms with van der Waals surface area (Å²) in [5.74, 6) is -2.19. The van der Waals surface area contributed by atoms with Crippen LogP contribution in [0.5, 0.6) is 0 Å². The van der Waals surface area contributed by atoms with Crippen molar-refractivity contribution in [1.29, 1.82) is 0 Å². The predicted octanol–water partition coefficient (Wildman–Crippen LogP) is -0.864. The molecular formula is C11H16N2O6. The van der Waals surface area contributed by atoms with Crippen molar-refractivity contribution < 1.29 is 28.8 Å². The van der Waals surface area contributed by atoms with Crippen LogP contribution in [-0.4, -0.2) is 49.0 Å². The third kappa shape index (κ3) is 5.04. The smallest absolute Gasteiger partial charge is 0.333 e. The summed E-state index contributed by atoms with van der Waals surface area (Å²) in [5.41, 5.74) is 0. The van der Waals surface area contributed by atoms with E-state index in [0.717, 1.165) is 0 Å². The van der Waals surface area contributed by atoms with Gasteiger partial charge in [0.1, 0.15) is 0 Å². The van der Waals surface area contributed by atoms with Gasteiger partial charge in [0.2, 0.25) is 5.91 Å². The summed E-state index contributed by atoms with van der Waals surface area (Å²) < 4.78 is 4.74. The van der Waals surface area contributed by atoms with Gasteiger partial charge < -0.3 is 14.9 Å². The molecule has 0 bridgehead atoms. The minimum atomic E-state index is -0.787. The molecule has 1 rings (SSSR count). The Hall–Kier alpha value is -1.96. The number of hydroxylamine groups is 2. The summed E-state index contributed by atoms with van der Waals surface area (Å²) in [6.45, 7) is 0.737. The molecular weight excluding hydrogens is 256 g/mol. The third-order valence-corrected chi connectivity index (χ3v) is 2.38. The zero-order valence-corrected chi connectivity index (χ0v) is 10.6. The monoisotopic (exact) mass is 272 g/mol. The summed E-state index contributed by atoms with van der Waals surface area (Å²) in [6, 6.07) is 0. The van der Waals surface area contributed by atoms with Gasteiger partial charge in [-0.2, -0.15) is 0 Å². The molecule has 0 aromatic heterocycles. The molecule has 0 spiro atoms. The zero-order valence-electron chi connectivity index (χ0n) is 10.6. The summed E-state index contributed by atoms with van der Waals surface area (Å²) in [5, 5.41) is 2.99. The molecule has 8 heteroatoms. The Morgan fingerprint density at radius 3 is 2.42 bits per heavy atom. The number of amides is 3. The largest absolute Gasteiger partial charge is 0.383 e. The lowest BCUT2D eigenvalue weighted by molar-refractivity contribution is -0.197. The van der Waals surface area contributed by atoms with Gasteiger partial charge in [0, 0.05) is 32.9 Å². The summed E-state index contributed by atoms with van der Waals surface area (Å²) in [6.07, 6.45) is -0.179. The molecule has 1 aliphatic heterocycles. The van der Waals surface area contributed by atoms with Crippen molar-refractivity contribution in [2.45, 2.75) is 25.7 Å². The fourth-order valence-corrected chi connectivity index (χ4v) is 1.40. The van der Waals surface area contributed by atoms with Gasteiger partial charge in [-0.15, -0.1) is 5.06 Å². The van der Waals surface area contributed by atoms with Crippen LogP contribution >= 0.6 is 0 Å². The van der Waals surface area contributed by atoms with Crippen molar-refractivity contribution in [3.05, 3.63) is 0 Å². The molecule has 19 heavy (non-hydrogen) atoms. The van der Waals surface area contributed by atoms with E-state index in [4.69, 9.17) is 4.74 Å². The van der Waals surface area contributed by atoms with Crippen LogP contribution in [0.25, 0.3) is 0 Å². The Balaban J connectivity index is 2.22. The lowest BCUT2D eigenvalue weighted by Crippen LogP contribution is -2.33. The number of hydrogen-bond donors (Lipinski definition) is 1. The topological polar surface area (TPSA) is 102 Å². The second-order valence-electron chi connectivity index (χ2n) is 3.89. The van der Waals surface area contributed by atoms with E-state index < -0.39 is 17.8 Å². The molecule has 1 aliphatic rings.